The van der Waals surface area contributed by atoms with E-state index in [2.05, 4.69) is 6.92 Å². The molecule has 10 atom stereocenters. The Kier molecular flexibility index (Phi) is 4.86. The third-order valence-electron chi connectivity index (χ3n) is 10.7. The van der Waals surface area contributed by atoms with Crippen molar-refractivity contribution in [1.29, 1.82) is 0 Å². The Labute approximate surface area is 190 Å². The lowest BCUT2D eigenvalue weighted by Gasteiger charge is -2.61. The van der Waals surface area contributed by atoms with Crippen molar-refractivity contribution < 1.29 is 29.3 Å². The number of hydrogen-bond acceptors (Lipinski definition) is 6. The quantitative estimate of drug-likeness (QED) is 0.392. The number of ether oxygens (including phenoxy) is 2. The zero-order valence-corrected chi connectivity index (χ0v) is 20.0. The largest absolute Gasteiger partial charge is 0.456 e. The molecule has 0 radical (unpaired) electrons. The Morgan fingerprint density at radius 1 is 1.06 bits per heavy atom. The summed E-state index contributed by atoms with van der Waals surface area (Å²) in [5.41, 5.74) is -1.49. The van der Waals surface area contributed by atoms with Gasteiger partial charge in [-0.3, -0.25) is 4.79 Å². The standard InChI is InChI=1S/C26H38O6/c1-6-14(2)22(30)31-19-20-23(4)10-8-17(28)13-16(23)7-11-25(20)26(32-25)12-9-18(15(3)27)24(26,5)21(19)29/h6,16-21,28-29H,7-13H2,1-5H3/b14-6+/t16-,17-,18-,19-,20+,21+,23-,24-,25-,26+/m0/s1. The van der Waals surface area contributed by atoms with Crippen LogP contribution in [-0.2, 0) is 19.1 Å². The van der Waals surface area contributed by atoms with Crippen LogP contribution in [0.2, 0.25) is 0 Å². The second-order valence-electron chi connectivity index (χ2n) is 11.7. The molecule has 6 nitrogen and oxygen atoms in total. The highest BCUT2D eigenvalue weighted by Crippen LogP contribution is 2.81. The van der Waals surface area contributed by atoms with Crippen molar-refractivity contribution in [2.24, 2.45) is 28.6 Å². The van der Waals surface area contributed by atoms with E-state index in [9.17, 15) is 19.8 Å². The molecule has 6 heteroatoms. The summed E-state index contributed by atoms with van der Waals surface area (Å²) >= 11 is 0. The first-order chi connectivity index (χ1) is 15.0. The number of Topliss-reactive ketones (excluding diaryl/α,β-unsaturated/α-hetero) is 1. The first kappa shape index (κ1) is 22.5. The van der Waals surface area contributed by atoms with Crippen LogP contribution in [0, 0.1) is 28.6 Å². The lowest BCUT2D eigenvalue weighted by molar-refractivity contribution is -0.212. The fraction of sp³-hybridized carbons (Fsp3) is 0.846. The van der Waals surface area contributed by atoms with Crippen molar-refractivity contribution in [2.45, 2.75) is 109 Å². The van der Waals surface area contributed by atoms with Gasteiger partial charge in [-0.15, -0.1) is 0 Å². The van der Waals surface area contributed by atoms with Crippen molar-refractivity contribution in [3.63, 3.8) is 0 Å². The maximum atomic E-state index is 13.0. The number of epoxide rings is 1. The Morgan fingerprint density at radius 2 is 1.78 bits per heavy atom. The number of esters is 1. The molecule has 32 heavy (non-hydrogen) atoms. The molecule has 2 spiro atoms. The number of rotatable bonds is 3. The van der Waals surface area contributed by atoms with Gasteiger partial charge < -0.3 is 19.7 Å². The Bertz CT molecular complexity index is 882. The maximum Gasteiger partial charge on any atom is 0.333 e. The van der Waals surface area contributed by atoms with Gasteiger partial charge in [0.05, 0.1) is 6.10 Å². The topological polar surface area (TPSA) is 96.4 Å². The molecule has 0 unspecified atom stereocenters. The van der Waals surface area contributed by atoms with Gasteiger partial charge in [0.15, 0.2) is 0 Å². The van der Waals surface area contributed by atoms with Crippen LogP contribution in [0.25, 0.3) is 0 Å². The molecular formula is C26H38O6. The molecule has 0 bridgehead atoms. The normalized spacial score (nSPS) is 54.0. The number of aliphatic hydroxyl groups excluding tert-OH is 2. The van der Waals surface area contributed by atoms with E-state index in [4.69, 9.17) is 9.47 Å². The monoisotopic (exact) mass is 446 g/mol. The van der Waals surface area contributed by atoms with E-state index in [1.165, 1.54) is 0 Å². The third kappa shape index (κ3) is 2.47. The van der Waals surface area contributed by atoms with Gasteiger partial charge in [0, 0.05) is 22.8 Å². The van der Waals surface area contributed by atoms with Crippen LogP contribution in [-0.4, -0.2) is 51.5 Å². The average molecular weight is 447 g/mol. The first-order valence-corrected chi connectivity index (χ1v) is 12.4. The maximum absolute atomic E-state index is 13.0. The molecule has 5 rings (SSSR count). The SMILES string of the molecule is C/C=C(\C)C(=O)O[C@@H]1[C@@H](O)[C@]2(C)[C@H](C(C)=O)CC[C@@]23O[C@]32CC[C@H]3C[C@@H](O)CC[C@]3(C)[C@@H]12. The molecule has 178 valence electrons. The summed E-state index contributed by atoms with van der Waals surface area (Å²) in [6, 6.07) is 0. The van der Waals surface area contributed by atoms with Gasteiger partial charge in [-0.05, 0) is 77.0 Å². The Morgan fingerprint density at radius 3 is 2.44 bits per heavy atom. The van der Waals surface area contributed by atoms with Crippen LogP contribution in [0.3, 0.4) is 0 Å². The van der Waals surface area contributed by atoms with Gasteiger partial charge in [-0.25, -0.2) is 4.79 Å². The van der Waals surface area contributed by atoms with E-state index in [0.717, 1.165) is 32.1 Å². The zero-order chi connectivity index (χ0) is 23.3. The molecule has 4 aliphatic carbocycles. The number of ketones is 1. The highest BCUT2D eigenvalue weighted by atomic mass is 16.6. The molecule has 4 saturated carbocycles. The van der Waals surface area contributed by atoms with Crippen molar-refractivity contribution in [3.05, 3.63) is 11.6 Å². The summed E-state index contributed by atoms with van der Waals surface area (Å²) in [4.78, 5) is 25.6. The third-order valence-corrected chi connectivity index (χ3v) is 10.7. The van der Waals surface area contributed by atoms with Gasteiger partial charge in [0.25, 0.3) is 0 Å². The number of allylic oxidation sites excluding steroid dienone is 1. The predicted molar refractivity (Wildman–Crippen MR) is 118 cm³/mol. The van der Waals surface area contributed by atoms with E-state index in [0.29, 0.717) is 24.3 Å². The van der Waals surface area contributed by atoms with Crippen molar-refractivity contribution in [1.82, 2.24) is 0 Å². The summed E-state index contributed by atoms with van der Waals surface area (Å²) in [5.74, 6) is -0.497. The highest BCUT2D eigenvalue weighted by molar-refractivity contribution is 5.88. The van der Waals surface area contributed by atoms with E-state index in [1.54, 1.807) is 26.8 Å². The molecule has 0 aromatic heterocycles. The molecule has 0 amide bonds. The number of carbonyl (C=O) groups excluding carboxylic acids is 2. The second-order valence-corrected chi connectivity index (χ2v) is 11.7. The van der Waals surface area contributed by atoms with Crippen molar-refractivity contribution in [3.8, 4) is 0 Å². The molecule has 0 aromatic rings. The van der Waals surface area contributed by atoms with Crippen LogP contribution in [0.4, 0.5) is 0 Å². The molecule has 1 heterocycles. The Balaban J connectivity index is 1.64. The van der Waals surface area contributed by atoms with E-state index >= 15 is 0 Å². The van der Waals surface area contributed by atoms with Gasteiger partial charge >= 0.3 is 5.97 Å². The van der Waals surface area contributed by atoms with Crippen molar-refractivity contribution in [2.75, 3.05) is 0 Å². The number of aliphatic hydroxyl groups is 2. The summed E-state index contributed by atoms with van der Waals surface area (Å²) in [7, 11) is 0. The lowest BCUT2D eigenvalue weighted by Crippen LogP contribution is -2.70. The summed E-state index contributed by atoms with van der Waals surface area (Å²) in [6.45, 7) is 9.37. The highest BCUT2D eigenvalue weighted by Gasteiger charge is 2.90. The van der Waals surface area contributed by atoms with Crippen LogP contribution in [0.5, 0.6) is 0 Å². The van der Waals surface area contributed by atoms with E-state index < -0.39 is 34.8 Å². The van der Waals surface area contributed by atoms with Gasteiger partial charge in [0.2, 0.25) is 0 Å². The lowest BCUT2D eigenvalue weighted by atomic mass is 9.43. The number of carbonyl (C=O) groups is 2. The van der Waals surface area contributed by atoms with Crippen LogP contribution in [0.15, 0.2) is 11.6 Å². The minimum Gasteiger partial charge on any atom is -0.456 e. The molecule has 0 aromatic carbocycles. The smallest absolute Gasteiger partial charge is 0.333 e. The molecular weight excluding hydrogens is 408 g/mol. The zero-order valence-electron chi connectivity index (χ0n) is 20.0. The van der Waals surface area contributed by atoms with Gasteiger partial charge in [-0.2, -0.15) is 0 Å². The van der Waals surface area contributed by atoms with Crippen LogP contribution >= 0.6 is 0 Å². The summed E-state index contributed by atoms with van der Waals surface area (Å²) < 4.78 is 12.9. The minimum absolute atomic E-state index is 0.0722. The van der Waals surface area contributed by atoms with Gasteiger partial charge in [0.1, 0.15) is 29.2 Å². The summed E-state index contributed by atoms with van der Waals surface area (Å²) in [5, 5.41) is 22.3. The average Bonchev–Trinajstić information content (AvgIpc) is 3.29. The molecule has 2 N–H and O–H groups in total. The molecule has 1 saturated heterocycles. The molecule has 5 aliphatic rings. The number of hydrogen-bond donors (Lipinski definition) is 2. The van der Waals surface area contributed by atoms with E-state index in [1.807, 2.05) is 6.92 Å². The van der Waals surface area contributed by atoms with Gasteiger partial charge in [-0.1, -0.05) is 19.9 Å². The van der Waals surface area contributed by atoms with Crippen LogP contribution < -0.4 is 0 Å². The van der Waals surface area contributed by atoms with Crippen molar-refractivity contribution >= 4 is 11.8 Å². The first-order valence-electron chi connectivity index (χ1n) is 12.4. The van der Waals surface area contributed by atoms with E-state index in [-0.39, 0.29) is 29.1 Å². The predicted octanol–water partition coefficient (Wildman–Crippen LogP) is 3.33. The molecule has 1 aliphatic heterocycles. The Hall–Kier alpha value is -1.24. The van der Waals surface area contributed by atoms with Crippen LogP contribution in [0.1, 0.15) is 79.6 Å². The minimum atomic E-state index is -0.976. The second kappa shape index (κ2) is 6.89. The summed E-state index contributed by atoms with van der Waals surface area (Å²) in [6.07, 6.45) is 5.24. The fourth-order valence-corrected chi connectivity index (χ4v) is 8.91. The number of fused-ring (bicyclic) bond motifs is 2. The molecule has 5 fully saturated rings. The fourth-order valence-electron chi connectivity index (χ4n) is 8.91.